The molecule has 1 aromatic rings. The minimum absolute atomic E-state index is 0.0450. The second-order valence-corrected chi connectivity index (χ2v) is 6.56. The number of hydrogen-bond acceptors (Lipinski definition) is 4. The highest BCUT2D eigenvalue weighted by Crippen LogP contribution is 2.24. The number of nitrogens with zero attached hydrogens (tertiary/aromatic N) is 2. The van der Waals surface area contributed by atoms with Gasteiger partial charge in [-0.05, 0) is 12.5 Å². The summed E-state index contributed by atoms with van der Waals surface area (Å²) >= 11 is 0. The smallest absolute Gasteiger partial charge is 0.253 e. The van der Waals surface area contributed by atoms with E-state index in [-0.39, 0.29) is 24.0 Å². The van der Waals surface area contributed by atoms with Crippen LogP contribution < -0.4 is 5.32 Å². The Balaban J connectivity index is 1.51. The average molecular weight is 320 g/mol. The standard InChI is InChI=1S/C16H24N4O3/c1-19(2)15(21)6-14-9-20-8-12(5-13(20)10-23-14)18-16(22)11-3-4-17-7-11/h3-4,7,12-14,17H,5-6,8-10H2,1-2H3,(H,18,22)/t12-,13+,14+/m1/s1. The fourth-order valence-corrected chi connectivity index (χ4v) is 3.28. The van der Waals surface area contributed by atoms with Gasteiger partial charge in [-0.25, -0.2) is 0 Å². The van der Waals surface area contributed by atoms with Gasteiger partial charge in [-0.3, -0.25) is 14.5 Å². The summed E-state index contributed by atoms with van der Waals surface area (Å²) in [5.41, 5.74) is 0.653. The van der Waals surface area contributed by atoms with Crippen molar-refractivity contribution >= 4 is 11.8 Å². The zero-order valence-corrected chi connectivity index (χ0v) is 13.6. The molecule has 2 aliphatic rings. The van der Waals surface area contributed by atoms with E-state index in [1.54, 1.807) is 37.5 Å². The fraction of sp³-hybridized carbons (Fsp3) is 0.625. The van der Waals surface area contributed by atoms with Crippen molar-refractivity contribution in [3.63, 3.8) is 0 Å². The number of H-pyrrole nitrogens is 1. The molecule has 0 spiro atoms. The van der Waals surface area contributed by atoms with Crippen LogP contribution in [0.4, 0.5) is 0 Å². The van der Waals surface area contributed by atoms with Gasteiger partial charge < -0.3 is 19.9 Å². The Morgan fingerprint density at radius 3 is 2.96 bits per heavy atom. The Hall–Kier alpha value is -1.86. The summed E-state index contributed by atoms with van der Waals surface area (Å²) in [4.78, 5) is 30.8. The molecule has 2 fully saturated rings. The Morgan fingerprint density at radius 1 is 1.43 bits per heavy atom. The predicted molar refractivity (Wildman–Crippen MR) is 85.1 cm³/mol. The van der Waals surface area contributed by atoms with Gasteiger partial charge in [0.1, 0.15) is 0 Å². The van der Waals surface area contributed by atoms with E-state index in [0.717, 1.165) is 19.5 Å². The van der Waals surface area contributed by atoms with E-state index in [1.807, 2.05) is 0 Å². The number of rotatable bonds is 4. The van der Waals surface area contributed by atoms with Gasteiger partial charge in [0.15, 0.2) is 0 Å². The first-order chi connectivity index (χ1) is 11.0. The first kappa shape index (κ1) is 16.0. The number of hydrogen-bond donors (Lipinski definition) is 2. The highest BCUT2D eigenvalue weighted by Gasteiger charge is 2.38. The largest absolute Gasteiger partial charge is 0.375 e. The van der Waals surface area contributed by atoms with Crippen molar-refractivity contribution in [3.8, 4) is 0 Å². The molecule has 0 aromatic carbocycles. The summed E-state index contributed by atoms with van der Waals surface area (Å²) in [6, 6.07) is 2.23. The molecule has 2 amide bonds. The Labute approximate surface area is 136 Å². The quantitative estimate of drug-likeness (QED) is 0.823. The SMILES string of the molecule is CN(C)C(=O)C[C@H]1CN2C[C@H](NC(=O)c3cc[nH]c3)C[C@H]2CO1. The molecule has 2 aliphatic heterocycles. The molecule has 3 rings (SSSR count). The number of carbonyl (C=O) groups excluding carboxylic acids is 2. The number of carbonyl (C=O) groups is 2. The highest BCUT2D eigenvalue weighted by atomic mass is 16.5. The molecular weight excluding hydrogens is 296 g/mol. The molecule has 0 bridgehead atoms. The molecule has 0 aliphatic carbocycles. The third kappa shape index (κ3) is 3.73. The van der Waals surface area contributed by atoms with Crippen molar-refractivity contribution in [2.45, 2.75) is 31.0 Å². The van der Waals surface area contributed by atoms with E-state index < -0.39 is 0 Å². The van der Waals surface area contributed by atoms with Crippen LogP contribution in [-0.2, 0) is 9.53 Å². The van der Waals surface area contributed by atoms with E-state index in [2.05, 4.69) is 15.2 Å². The van der Waals surface area contributed by atoms with E-state index in [0.29, 0.717) is 24.6 Å². The number of ether oxygens (including phenoxy) is 1. The van der Waals surface area contributed by atoms with Crippen molar-refractivity contribution in [2.75, 3.05) is 33.8 Å². The molecule has 126 valence electrons. The first-order valence-electron chi connectivity index (χ1n) is 8.02. The van der Waals surface area contributed by atoms with Crippen LogP contribution >= 0.6 is 0 Å². The lowest BCUT2D eigenvalue weighted by Gasteiger charge is -2.35. The maximum atomic E-state index is 12.1. The zero-order chi connectivity index (χ0) is 16.4. The fourth-order valence-electron chi connectivity index (χ4n) is 3.28. The van der Waals surface area contributed by atoms with Gasteiger partial charge in [0.2, 0.25) is 5.91 Å². The number of nitrogens with one attached hydrogen (secondary N) is 2. The summed E-state index contributed by atoms with van der Waals surface area (Å²) in [5, 5.41) is 3.08. The zero-order valence-electron chi connectivity index (χ0n) is 13.6. The van der Waals surface area contributed by atoms with Crippen molar-refractivity contribution in [2.24, 2.45) is 0 Å². The third-order valence-electron chi connectivity index (χ3n) is 4.59. The second-order valence-electron chi connectivity index (χ2n) is 6.56. The number of fused-ring (bicyclic) bond motifs is 1. The van der Waals surface area contributed by atoms with Crippen LogP contribution in [0, 0.1) is 0 Å². The predicted octanol–water partition coefficient (Wildman–Crippen LogP) is 0.0645. The number of aromatic nitrogens is 1. The average Bonchev–Trinajstić information content (AvgIpc) is 3.15. The molecule has 0 unspecified atom stereocenters. The molecule has 1 aromatic heterocycles. The van der Waals surface area contributed by atoms with Crippen LogP contribution in [0.3, 0.4) is 0 Å². The van der Waals surface area contributed by atoms with Crippen LogP contribution in [-0.4, -0.2) is 78.6 Å². The molecule has 3 heterocycles. The van der Waals surface area contributed by atoms with Gasteiger partial charge in [0.25, 0.3) is 5.91 Å². The van der Waals surface area contributed by atoms with E-state index >= 15 is 0 Å². The van der Waals surface area contributed by atoms with Gasteiger partial charge in [0.05, 0.1) is 24.7 Å². The number of amides is 2. The van der Waals surface area contributed by atoms with Crippen LogP contribution in [0.2, 0.25) is 0 Å². The Kier molecular flexibility index (Phi) is 4.68. The number of morpholine rings is 1. The van der Waals surface area contributed by atoms with Gasteiger partial charge in [-0.15, -0.1) is 0 Å². The maximum Gasteiger partial charge on any atom is 0.253 e. The van der Waals surface area contributed by atoms with E-state index in [4.69, 9.17) is 4.74 Å². The molecular formula is C16H24N4O3. The van der Waals surface area contributed by atoms with Crippen LogP contribution in [0.15, 0.2) is 18.5 Å². The van der Waals surface area contributed by atoms with Crippen molar-refractivity contribution in [1.29, 1.82) is 0 Å². The molecule has 2 N–H and O–H groups in total. The summed E-state index contributed by atoms with van der Waals surface area (Å²) in [7, 11) is 3.52. The van der Waals surface area contributed by atoms with Crippen LogP contribution in [0.5, 0.6) is 0 Å². The summed E-state index contributed by atoms with van der Waals surface area (Å²) in [6.07, 6.45) is 4.69. The van der Waals surface area contributed by atoms with Crippen molar-refractivity contribution in [1.82, 2.24) is 20.1 Å². The topological polar surface area (TPSA) is 77.7 Å². The molecule has 0 saturated carbocycles. The highest BCUT2D eigenvalue weighted by molar-refractivity contribution is 5.94. The van der Waals surface area contributed by atoms with Crippen LogP contribution in [0.25, 0.3) is 0 Å². The third-order valence-corrected chi connectivity index (χ3v) is 4.59. The monoisotopic (exact) mass is 320 g/mol. The van der Waals surface area contributed by atoms with Crippen molar-refractivity contribution in [3.05, 3.63) is 24.0 Å². The van der Waals surface area contributed by atoms with Crippen LogP contribution in [0.1, 0.15) is 23.2 Å². The number of aromatic amines is 1. The summed E-state index contributed by atoms with van der Waals surface area (Å²) in [6.45, 7) is 2.19. The summed E-state index contributed by atoms with van der Waals surface area (Å²) in [5.74, 6) is 0.0429. The minimum Gasteiger partial charge on any atom is -0.375 e. The maximum absolute atomic E-state index is 12.1. The van der Waals surface area contributed by atoms with Crippen molar-refractivity contribution < 1.29 is 14.3 Å². The van der Waals surface area contributed by atoms with Gasteiger partial charge in [-0.1, -0.05) is 0 Å². The Morgan fingerprint density at radius 2 is 2.26 bits per heavy atom. The van der Waals surface area contributed by atoms with Gasteiger partial charge in [0, 0.05) is 51.7 Å². The normalized spacial score (nSPS) is 27.5. The van der Waals surface area contributed by atoms with E-state index in [9.17, 15) is 9.59 Å². The molecule has 2 saturated heterocycles. The lowest BCUT2D eigenvalue weighted by molar-refractivity contribution is -0.134. The molecule has 7 heteroatoms. The molecule has 7 nitrogen and oxygen atoms in total. The first-order valence-corrected chi connectivity index (χ1v) is 8.02. The molecule has 3 atom stereocenters. The molecule has 23 heavy (non-hydrogen) atoms. The lowest BCUT2D eigenvalue weighted by atomic mass is 10.1. The second kappa shape index (κ2) is 6.72. The van der Waals surface area contributed by atoms with Gasteiger partial charge >= 0.3 is 0 Å². The lowest BCUT2D eigenvalue weighted by Crippen LogP contribution is -2.47. The van der Waals surface area contributed by atoms with Gasteiger partial charge in [-0.2, -0.15) is 0 Å². The minimum atomic E-state index is -0.0553. The summed E-state index contributed by atoms with van der Waals surface area (Å²) < 4.78 is 5.83. The van der Waals surface area contributed by atoms with E-state index in [1.165, 1.54) is 0 Å². The molecule has 0 radical (unpaired) electrons. The Bertz CT molecular complexity index is 558.